The van der Waals surface area contributed by atoms with Crippen LogP contribution in [0.1, 0.15) is 36.0 Å². The monoisotopic (exact) mass is 578 g/mol. The molecule has 4 rings (SSSR count). The molecular weight excluding hydrogens is 553 g/mol. The molecule has 4 N–H and O–H groups in total. The van der Waals surface area contributed by atoms with Crippen LogP contribution in [-0.4, -0.2) is 54.3 Å². The molecule has 2 aromatic rings. The van der Waals surface area contributed by atoms with Gasteiger partial charge in [0.25, 0.3) is 5.91 Å². The summed E-state index contributed by atoms with van der Waals surface area (Å²) < 4.78 is 65.2. The van der Waals surface area contributed by atoms with Gasteiger partial charge in [-0.1, -0.05) is 11.6 Å². The Balaban J connectivity index is 1.45. The molecule has 37 heavy (non-hydrogen) atoms. The lowest BCUT2D eigenvalue weighted by atomic mass is 9.71. The van der Waals surface area contributed by atoms with Gasteiger partial charge in [-0.3, -0.25) is 4.79 Å². The van der Waals surface area contributed by atoms with E-state index in [1.807, 2.05) is 0 Å². The zero-order valence-electron chi connectivity index (χ0n) is 19.7. The molecule has 0 aliphatic heterocycles. The standard InChI is InChI=1S/C24H26ClF3N2O5S2/c1-37(34,35)29-11-21(31)24(33)13-3-4-14(24)8-16(7-13)36-20-6-12(2-5-17(20)25)23(32)30-15-9-18(26)22(28)19(27)10-15/h2,5-6,9-10,13-14,16,21,29,31,33H,3-4,7-8,11H2,1H3,(H,30,32)/t13-,14?,16?,21?,24?/m0/s1. The number of rotatable bonds is 8. The molecule has 7 nitrogen and oxygen atoms in total. The molecule has 0 spiro atoms. The molecule has 5 atom stereocenters. The van der Waals surface area contributed by atoms with Gasteiger partial charge in [-0.2, -0.15) is 0 Å². The zero-order chi connectivity index (χ0) is 27.1. The van der Waals surface area contributed by atoms with Gasteiger partial charge in [-0.05, 0) is 55.7 Å². The normalized spacial score (nSPS) is 26.2. The highest BCUT2D eigenvalue weighted by Gasteiger charge is 2.57. The highest BCUT2D eigenvalue weighted by atomic mass is 35.5. The first-order valence-corrected chi connectivity index (χ1v) is 14.7. The highest BCUT2D eigenvalue weighted by molar-refractivity contribution is 8.00. The number of aliphatic hydroxyl groups is 2. The Labute approximate surface area is 221 Å². The Kier molecular flexibility index (Phi) is 8.18. The van der Waals surface area contributed by atoms with E-state index in [9.17, 15) is 36.6 Å². The minimum absolute atomic E-state index is 0.0175. The quantitative estimate of drug-likeness (QED) is 0.353. The van der Waals surface area contributed by atoms with E-state index in [4.69, 9.17) is 11.6 Å². The number of anilines is 1. The largest absolute Gasteiger partial charge is 0.389 e. The van der Waals surface area contributed by atoms with Crippen LogP contribution in [0.15, 0.2) is 35.2 Å². The van der Waals surface area contributed by atoms with Crippen molar-refractivity contribution in [3.63, 3.8) is 0 Å². The maximum Gasteiger partial charge on any atom is 0.255 e. The van der Waals surface area contributed by atoms with E-state index in [1.165, 1.54) is 23.9 Å². The molecular formula is C24H26ClF3N2O5S2. The van der Waals surface area contributed by atoms with Crippen LogP contribution in [0.3, 0.4) is 0 Å². The van der Waals surface area contributed by atoms with Gasteiger partial charge in [-0.15, -0.1) is 11.8 Å². The van der Waals surface area contributed by atoms with E-state index in [-0.39, 0.29) is 34.9 Å². The Morgan fingerprint density at radius 3 is 2.32 bits per heavy atom. The molecule has 2 aromatic carbocycles. The van der Waals surface area contributed by atoms with Gasteiger partial charge in [0.05, 0.1) is 23.0 Å². The fourth-order valence-corrected chi connectivity index (χ4v) is 7.43. The summed E-state index contributed by atoms with van der Waals surface area (Å²) in [5, 5.41) is 24.7. The third-order valence-corrected chi connectivity index (χ3v) is 9.51. The van der Waals surface area contributed by atoms with Crippen molar-refractivity contribution in [1.29, 1.82) is 0 Å². The molecule has 1 amide bonds. The van der Waals surface area contributed by atoms with Crippen molar-refractivity contribution in [2.75, 3.05) is 18.1 Å². The second kappa shape index (κ2) is 10.7. The molecule has 2 saturated carbocycles. The van der Waals surface area contributed by atoms with Crippen LogP contribution in [-0.2, 0) is 10.0 Å². The van der Waals surface area contributed by atoms with Crippen molar-refractivity contribution >= 4 is 45.0 Å². The number of sulfonamides is 1. The van der Waals surface area contributed by atoms with Crippen LogP contribution < -0.4 is 10.0 Å². The van der Waals surface area contributed by atoms with Gasteiger partial charge >= 0.3 is 0 Å². The number of aliphatic hydroxyl groups excluding tert-OH is 1. The van der Waals surface area contributed by atoms with Crippen LogP contribution in [0.25, 0.3) is 0 Å². The highest BCUT2D eigenvalue weighted by Crippen LogP contribution is 2.54. The maximum absolute atomic E-state index is 13.5. The Hall–Kier alpha value is -1.83. The molecule has 4 unspecified atom stereocenters. The van der Waals surface area contributed by atoms with Crippen LogP contribution in [0.4, 0.5) is 18.9 Å². The molecule has 2 fully saturated rings. The number of nitrogens with one attached hydrogen (secondary N) is 2. The summed E-state index contributed by atoms with van der Waals surface area (Å²) in [4.78, 5) is 13.3. The molecule has 2 aliphatic rings. The van der Waals surface area contributed by atoms with Crippen molar-refractivity contribution in [1.82, 2.24) is 4.72 Å². The number of fused-ring (bicyclic) bond motifs is 2. The maximum atomic E-state index is 13.5. The summed E-state index contributed by atoms with van der Waals surface area (Å²) >= 11 is 7.80. The first-order valence-electron chi connectivity index (χ1n) is 11.5. The number of carbonyl (C=O) groups excluding carboxylic acids is 1. The lowest BCUT2D eigenvalue weighted by Gasteiger charge is -2.45. The lowest BCUT2D eigenvalue weighted by molar-refractivity contribution is -0.138. The van der Waals surface area contributed by atoms with Crippen molar-refractivity contribution in [2.45, 2.75) is 47.5 Å². The van der Waals surface area contributed by atoms with Gasteiger partial charge in [-0.25, -0.2) is 26.3 Å². The third-order valence-electron chi connectivity index (χ3n) is 7.07. The molecule has 202 valence electrons. The fourth-order valence-electron chi connectivity index (χ4n) is 5.32. The number of hydrogen-bond donors (Lipinski definition) is 4. The minimum atomic E-state index is -3.52. The molecule has 13 heteroatoms. The first-order chi connectivity index (χ1) is 17.3. The van der Waals surface area contributed by atoms with E-state index < -0.39 is 45.1 Å². The molecule has 0 saturated heterocycles. The molecule has 2 bridgehead atoms. The summed E-state index contributed by atoms with van der Waals surface area (Å²) in [6.45, 7) is -0.273. The molecule has 2 aliphatic carbocycles. The number of amides is 1. The Bertz CT molecular complexity index is 1280. The first kappa shape index (κ1) is 28.2. The van der Waals surface area contributed by atoms with Crippen molar-refractivity contribution in [2.24, 2.45) is 11.8 Å². The van der Waals surface area contributed by atoms with E-state index in [2.05, 4.69) is 10.0 Å². The third kappa shape index (κ3) is 6.10. The predicted octanol–water partition coefficient (Wildman–Crippen LogP) is 3.93. The summed E-state index contributed by atoms with van der Waals surface area (Å²) in [6.07, 6.45) is 2.22. The fraction of sp³-hybridized carbons (Fsp3) is 0.458. The second-order valence-electron chi connectivity index (χ2n) is 9.56. The number of hydrogen-bond acceptors (Lipinski definition) is 6. The Morgan fingerprint density at radius 2 is 1.76 bits per heavy atom. The average Bonchev–Trinajstić information content (AvgIpc) is 2.98. The van der Waals surface area contributed by atoms with Crippen LogP contribution in [0.2, 0.25) is 5.02 Å². The van der Waals surface area contributed by atoms with E-state index in [0.29, 0.717) is 47.7 Å². The Morgan fingerprint density at radius 1 is 1.16 bits per heavy atom. The van der Waals surface area contributed by atoms with Gasteiger partial charge in [0.15, 0.2) is 17.5 Å². The van der Waals surface area contributed by atoms with Gasteiger partial charge in [0.2, 0.25) is 10.0 Å². The van der Waals surface area contributed by atoms with Gasteiger partial charge in [0, 0.05) is 40.1 Å². The zero-order valence-corrected chi connectivity index (χ0v) is 22.1. The minimum Gasteiger partial charge on any atom is -0.389 e. The van der Waals surface area contributed by atoms with Crippen LogP contribution >= 0.6 is 23.4 Å². The number of halogens is 4. The van der Waals surface area contributed by atoms with Crippen molar-refractivity contribution < 1.29 is 36.6 Å². The SMILES string of the molecule is CS(=O)(=O)NCC(O)C1(O)C2CC[C@H]1CC(Sc1cc(C(=O)Nc3cc(F)c(F)c(F)c3)ccc1Cl)C2. The lowest BCUT2D eigenvalue weighted by Crippen LogP contribution is -2.57. The van der Waals surface area contributed by atoms with Crippen molar-refractivity contribution in [3.8, 4) is 0 Å². The molecule has 0 heterocycles. The predicted molar refractivity (Wildman–Crippen MR) is 135 cm³/mol. The smallest absolute Gasteiger partial charge is 0.255 e. The van der Waals surface area contributed by atoms with E-state index in [1.54, 1.807) is 6.07 Å². The van der Waals surface area contributed by atoms with Crippen LogP contribution in [0.5, 0.6) is 0 Å². The second-order valence-corrected chi connectivity index (χ2v) is 13.1. The number of benzene rings is 2. The topological polar surface area (TPSA) is 116 Å². The summed E-state index contributed by atoms with van der Waals surface area (Å²) in [5.41, 5.74) is -1.47. The summed E-state index contributed by atoms with van der Waals surface area (Å²) in [6, 6.07) is 5.89. The van der Waals surface area contributed by atoms with E-state index in [0.717, 1.165) is 6.26 Å². The number of carbonyl (C=O) groups is 1. The van der Waals surface area contributed by atoms with Crippen molar-refractivity contribution in [3.05, 3.63) is 58.4 Å². The summed E-state index contributed by atoms with van der Waals surface area (Å²) in [5.74, 6) is -5.62. The van der Waals surface area contributed by atoms with E-state index >= 15 is 0 Å². The van der Waals surface area contributed by atoms with Gasteiger partial charge < -0.3 is 15.5 Å². The molecule has 0 radical (unpaired) electrons. The molecule has 0 aromatic heterocycles. The van der Waals surface area contributed by atoms with Crippen LogP contribution in [0, 0.1) is 29.3 Å². The average molecular weight is 579 g/mol. The number of thioether (sulfide) groups is 1. The summed E-state index contributed by atoms with van der Waals surface area (Å²) in [7, 11) is -3.52. The van der Waals surface area contributed by atoms with Gasteiger partial charge in [0.1, 0.15) is 0 Å².